The highest BCUT2D eigenvalue weighted by molar-refractivity contribution is 8.06. The number of hydrogen-bond acceptors (Lipinski definition) is 4. The predicted molar refractivity (Wildman–Crippen MR) is 71.3 cm³/mol. The highest BCUT2D eigenvalue weighted by Gasteiger charge is 2.13. The van der Waals surface area contributed by atoms with Gasteiger partial charge in [-0.25, -0.2) is 4.98 Å². The lowest BCUT2D eigenvalue weighted by Gasteiger charge is -2.21. The fourth-order valence-electron chi connectivity index (χ4n) is 1.38. The molecule has 1 atom stereocenters. The molecule has 0 spiro atoms. The van der Waals surface area contributed by atoms with Crippen LogP contribution in [0.2, 0.25) is 5.15 Å². The van der Waals surface area contributed by atoms with Gasteiger partial charge in [-0.3, -0.25) is 0 Å². The molecule has 1 saturated heterocycles. The van der Waals surface area contributed by atoms with Crippen LogP contribution in [0.25, 0.3) is 0 Å². The monoisotopic (exact) mass is 260 g/mol. The van der Waals surface area contributed by atoms with Crippen molar-refractivity contribution in [3.05, 3.63) is 23.4 Å². The third kappa shape index (κ3) is 3.78. The van der Waals surface area contributed by atoms with Crippen molar-refractivity contribution < 1.29 is 0 Å². The standard InChI is InChI=1S/C10H13ClN2S2/c11-9-2-1-3-10(13-9)12-6-8-7-14-4-5-15-8/h1-3,8H,4-7H2,(H,12,13). The first-order valence-electron chi connectivity index (χ1n) is 4.90. The maximum atomic E-state index is 5.81. The number of aromatic nitrogens is 1. The summed E-state index contributed by atoms with van der Waals surface area (Å²) in [4.78, 5) is 4.20. The van der Waals surface area contributed by atoms with E-state index in [-0.39, 0.29) is 0 Å². The maximum absolute atomic E-state index is 5.81. The van der Waals surface area contributed by atoms with Crippen molar-refractivity contribution in [1.82, 2.24) is 4.98 Å². The summed E-state index contributed by atoms with van der Waals surface area (Å²) in [5.41, 5.74) is 0. The number of thioether (sulfide) groups is 2. The Morgan fingerprint density at radius 3 is 3.13 bits per heavy atom. The second kappa shape index (κ2) is 5.87. The largest absolute Gasteiger partial charge is 0.369 e. The fraction of sp³-hybridized carbons (Fsp3) is 0.500. The van der Waals surface area contributed by atoms with Gasteiger partial charge in [0.25, 0.3) is 0 Å². The van der Waals surface area contributed by atoms with Gasteiger partial charge in [0.1, 0.15) is 11.0 Å². The first kappa shape index (κ1) is 11.4. The van der Waals surface area contributed by atoms with E-state index in [1.165, 1.54) is 17.3 Å². The molecule has 1 aliphatic heterocycles. The van der Waals surface area contributed by atoms with Crippen LogP contribution in [0.1, 0.15) is 0 Å². The van der Waals surface area contributed by atoms with Crippen molar-refractivity contribution >= 4 is 40.9 Å². The molecule has 0 aliphatic carbocycles. The summed E-state index contributed by atoms with van der Waals surface area (Å²) in [6.07, 6.45) is 0. The van der Waals surface area contributed by atoms with Crippen LogP contribution in [0.15, 0.2) is 18.2 Å². The molecule has 15 heavy (non-hydrogen) atoms. The Labute approximate surface area is 104 Å². The van der Waals surface area contributed by atoms with Crippen molar-refractivity contribution in [2.24, 2.45) is 0 Å². The van der Waals surface area contributed by atoms with Gasteiger partial charge < -0.3 is 5.32 Å². The van der Waals surface area contributed by atoms with Crippen LogP contribution in [-0.4, -0.2) is 34.0 Å². The minimum absolute atomic E-state index is 0.547. The first-order chi connectivity index (χ1) is 7.34. The quantitative estimate of drug-likeness (QED) is 0.845. The lowest BCUT2D eigenvalue weighted by atomic mass is 10.4. The molecule has 0 bridgehead atoms. The smallest absolute Gasteiger partial charge is 0.131 e. The van der Waals surface area contributed by atoms with E-state index >= 15 is 0 Å². The number of pyridine rings is 1. The Morgan fingerprint density at radius 1 is 1.47 bits per heavy atom. The molecule has 1 aliphatic rings. The molecule has 0 saturated carbocycles. The van der Waals surface area contributed by atoms with Crippen molar-refractivity contribution in [3.63, 3.8) is 0 Å². The summed E-state index contributed by atoms with van der Waals surface area (Å²) in [5.74, 6) is 4.66. The topological polar surface area (TPSA) is 24.9 Å². The van der Waals surface area contributed by atoms with E-state index in [9.17, 15) is 0 Å². The molecule has 1 N–H and O–H groups in total. The average Bonchev–Trinajstić information content (AvgIpc) is 2.28. The third-order valence-corrected chi connectivity index (χ3v) is 5.17. The van der Waals surface area contributed by atoms with Crippen LogP contribution < -0.4 is 5.32 Å². The summed E-state index contributed by atoms with van der Waals surface area (Å²) in [7, 11) is 0. The number of rotatable bonds is 3. The zero-order valence-corrected chi connectivity index (χ0v) is 10.7. The molecule has 2 rings (SSSR count). The second-order valence-corrected chi connectivity index (χ2v) is 6.24. The van der Waals surface area contributed by atoms with Crippen LogP contribution in [-0.2, 0) is 0 Å². The Balaban J connectivity index is 1.81. The number of hydrogen-bond donors (Lipinski definition) is 1. The maximum Gasteiger partial charge on any atom is 0.131 e. The number of nitrogens with zero attached hydrogens (tertiary/aromatic N) is 1. The first-order valence-corrected chi connectivity index (χ1v) is 7.48. The van der Waals surface area contributed by atoms with Gasteiger partial charge in [-0.1, -0.05) is 17.7 Å². The number of halogens is 1. The van der Waals surface area contributed by atoms with Crippen molar-refractivity contribution in [2.45, 2.75) is 5.25 Å². The SMILES string of the molecule is Clc1cccc(NCC2CSCCS2)n1. The van der Waals surface area contributed by atoms with E-state index in [1.807, 2.05) is 35.7 Å². The fourth-order valence-corrected chi connectivity index (χ4v) is 4.16. The van der Waals surface area contributed by atoms with Gasteiger partial charge in [0, 0.05) is 29.1 Å². The Morgan fingerprint density at radius 2 is 2.40 bits per heavy atom. The van der Waals surface area contributed by atoms with Gasteiger partial charge in [-0.2, -0.15) is 23.5 Å². The van der Waals surface area contributed by atoms with E-state index in [0.29, 0.717) is 10.4 Å². The highest BCUT2D eigenvalue weighted by Crippen LogP contribution is 2.24. The van der Waals surface area contributed by atoms with Crippen molar-refractivity contribution in [1.29, 1.82) is 0 Å². The Kier molecular flexibility index (Phi) is 4.47. The van der Waals surface area contributed by atoms with E-state index in [0.717, 1.165) is 12.4 Å². The van der Waals surface area contributed by atoms with Gasteiger partial charge in [-0.15, -0.1) is 0 Å². The van der Waals surface area contributed by atoms with Crippen LogP contribution in [0.4, 0.5) is 5.82 Å². The molecular formula is C10H13ClN2S2. The summed E-state index contributed by atoms with van der Waals surface area (Å²) < 4.78 is 0. The second-order valence-electron chi connectivity index (χ2n) is 3.29. The van der Waals surface area contributed by atoms with E-state index in [2.05, 4.69) is 10.3 Å². The molecule has 1 aromatic heterocycles. The molecule has 0 aromatic carbocycles. The lowest BCUT2D eigenvalue weighted by molar-refractivity contribution is 0.993. The van der Waals surface area contributed by atoms with Crippen molar-refractivity contribution in [2.75, 3.05) is 29.1 Å². The van der Waals surface area contributed by atoms with Gasteiger partial charge >= 0.3 is 0 Å². The minimum atomic E-state index is 0.547. The minimum Gasteiger partial charge on any atom is -0.369 e. The normalized spacial score (nSPS) is 21.3. The summed E-state index contributed by atoms with van der Waals surface area (Å²) in [5, 5.41) is 4.57. The van der Waals surface area contributed by atoms with Gasteiger partial charge in [0.2, 0.25) is 0 Å². The van der Waals surface area contributed by atoms with Gasteiger partial charge in [0.15, 0.2) is 0 Å². The molecule has 1 unspecified atom stereocenters. The summed E-state index contributed by atoms with van der Waals surface area (Å²) in [6.45, 7) is 0.977. The van der Waals surface area contributed by atoms with Crippen LogP contribution in [0.5, 0.6) is 0 Å². The summed E-state index contributed by atoms with van der Waals surface area (Å²) in [6, 6.07) is 5.66. The molecule has 2 nitrogen and oxygen atoms in total. The third-order valence-electron chi connectivity index (χ3n) is 2.11. The Bertz CT molecular complexity index is 316. The van der Waals surface area contributed by atoms with Crippen LogP contribution in [0.3, 0.4) is 0 Å². The molecule has 82 valence electrons. The van der Waals surface area contributed by atoms with E-state index in [4.69, 9.17) is 11.6 Å². The molecule has 2 heterocycles. The molecule has 1 fully saturated rings. The molecular weight excluding hydrogens is 248 g/mol. The van der Waals surface area contributed by atoms with E-state index in [1.54, 1.807) is 6.07 Å². The van der Waals surface area contributed by atoms with Crippen LogP contribution >= 0.6 is 35.1 Å². The highest BCUT2D eigenvalue weighted by atomic mass is 35.5. The number of anilines is 1. The predicted octanol–water partition coefficient (Wildman–Crippen LogP) is 3.00. The molecule has 0 radical (unpaired) electrons. The van der Waals surface area contributed by atoms with E-state index < -0.39 is 0 Å². The zero-order valence-electron chi connectivity index (χ0n) is 8.28. The Hall–Kier alpha value is -0.0600. The van der Waals surface area contributed by atoms with Crippen molar-refractivity contribution in [3.8, 4) is 0 Å². The average molecular weight is 261 g/mol. The lowest BCUT2D eigenvalue weighted by Crippen LogP contribution is -2.23. The van der Waals surface area contributed by atoms with Crippen LogP contribution in [0, 0.1) is 0 Å². The number of nitrogens with one attached hydrogen (secondary N) is 1. The molecule has 0 amide bonds. The zero-order chi connectivity index (χ0) is 10.5. The molecule has 5 heteroatoms. The van der Waals surface area contributed by atoms with Gasteiger partial charge in [0.05, 0.1) is 0 Å². The molecule has 1 aromatic rings. The summed E-state index contributed by atoms with van der Waals surface area (Å²) >= 11 is 9.88. The van der Waals surface area contributed by atoms with Gasteiger partial charge in [-0.05, 0) is 12.1 Å².